The number of piperazine rings is 1. The Labute approximate surface area is 162 Å². The Balaban J connectivity index is 1.45. The normalized spacial score (nSPS) is 15.8. The zero-order chi connectivity index (χ0) is 18.9. The molecule has 0 amide bonds. The monoisotopic (exact) mass is 404 g/mol. The summed E-state index contributed by atoms with van der Waals surface area (Å²) in [5, 5.41) is 8.67. The van der Waals surface area contributed by atoms with Crippen LogP contribution in [0.5, 0.6) is 0 Å². The van der Waals surface area contributed by atoms with Crippen LogP contribution in [-0.2, 0) is 10.0 Å². The molecule has 1 saturated heterocycles. The SMILES string of the molecule is O=S(=O)(c1ccccc1Cl)N1CCN(c2ccc(-c3ccco3)nn2)CC1. The first-order valence-electron chi connectivity index (χ1n) is 8.43. The molecular weight excluding hydrogens is 388 g/mol. The van der Waals surface area contributed by atoms with E-state index in [1.807, 2.05) is 23.1 Å². The predicted octanol–water partition coefficient (Wildman–Crippen LogP) is 2.90. The van der Waals surface area contributed by atoms with Crippen LogP contribution in [0.15, 0.2) is 64.1 Å². The molecule has 9 heteroatoms. The molecule has 0 N–H and O–H groups in total. The van der Waals surface area contributed by atoms with Crippen LogP contribution in [0.3, 0.4) is 0 Å². The highest BCUT2D eigenvalue weighted by Crippen LogP contribution is 2.26. The first-order chi connectivity index (χ1) is 13.1. The molecule has 4 rings (SSSR count). The van der Waals surface area contributed by atoms with Crippen molar-refractivity contribution in [3.63, 3.8) is 0 Å². The zero-order valence-electron chi connectivity index (χ0n) is 14.3. The fraction of sp³-hybridized carbons (Fsp3) is 0.222. The van der Waals surface area contributed by atoms with Crippen molar-refractivity contribution in [2.45, 2.75) is 4.90 Å². The Morgan fingerprint density at radius 1 is 0.926 bits per heavy atom. The number of furan rings is 1. The highest BCUT2D eigenvalue weighted by atomic mass is 35.5. The average Bonchev–Trinajstić information content (AvgIpc) is 3.23. The smallest absolute Gasteiger partial charge is 0.244 e. The molecule has 27 heavy (non-hydrogen) atoms. The van der Waals surface area contributed by atoms with Gasteiger partial charge in [-0.05, 0) is 36.4 Å². The van der Waals surface area contributed by atoms with Gasteiger partial charge in [-0.15, -0.1) is 10.2 Å². The van der Waals surface area contributed by atoms with Crippen LogP contribution in [0.1, 0.15) is 0 Å². The van der Waals surface area contributed by atoms with E-state index in [1.54, 1.807) is 30.5 Å². The summed E-state index contributed by atoms with van der Waals surface area (Å²) in [4.78, 5) is 2.15. The first-order valence-corrected chi connectivity index (χ1v) is 10.2. The van der Waals surface area contributed by atoms with E-state index < -0.39 is 10.0 Å². The highest BCUT2D eigenvalue weighted by molar-refractivity contribution is 7.89. The standard InChI is InChI=1S/C18H17ClN4O3S/c19-14-4-1-2-6-17(14)27(24,25)23-11-9-22(10-12-23)18-8-7-15(20-21-18)16-5-3-13-26-16/h1-8,13H,9-12H2. The highest BCUT2D eigenvalue weighted by Gasteiger charge is 2.30. The van der Waals surface area contributed by atoms with Gasteiger partial charge in [-0.25, -0.2) is 8.42 Å². The number of rotatable bonds is 4. The Morgan fingerprint density at radius 3 is 2.33 bits per heavy atom. The van der Waals surface area contributed by atoms with Gasteiger partial charge in [-0.3, -0.25) is 0 Å². The maximum atomic E-state index is 12.8. The van der Waals surface area contributed by atoms with Crippen LogP contribution in [0.25, 0.3) is 11.5 Å². The summed E-state index contributed by atoms with van der Waals surface area (Å²) in [6, 6.07) is 13.8. The molecule has 1 aliphatic rings. The van der Waals surface area contributed by atoms with E-state index in [0.717, 1.165) is 0 Å². The second-order valence-corrected chi connectivity index (χ2v) is 8.39. The molecule has 7 nitrogen and oxygen atoms in total. The van der Waals surface area contributed by atoms with Gasteiger partial charge in [0, 0.05) is 26.2 Å². The number of aromatic nitrogens is 2. The van der Waals surface area contributed by atoms with E-state index in [1.165, 1.54) is 10.4 Å². The van der Waals surface area contributed by atoms with Gasteiger partial charge in [0.2, 0.25) is 10.0 Å². The molecule has 0 aliphatic carbocycles. The minimum Gasteiger partial charge on any atom is -0.463 e. The lowest BCUT2D eigenvalue weighted by Gasteiger charge is -2.34. The fourth-order valence-electron chi connectivity index (χ4n) is 3.00. The van der Waals surface area contributed by atoms with Crippen LogP contribution in [-0.4, -0.2) is 49.1 Å². The Morgan fingerprint density at radius 2 is 1.70 bits per heavy atom. The van der Waals surface area contributed by atoms with Gasteiger partial charge in [-0.1, -0.05) is 23.7 Å². The van der Waals surface area contributed by atoms with Crippen LogP contribution in [0.4, 0.5) is 5.82 Å². The third-order valence-corrected chi connectivity index (χ3v) is 6.84. The number of benzene rings is 1. The maximum Gasteiger partial charge on any atom is 0.244 e. The molecule has 0 atom stereocenters. The first kappa shape index (κ1) is 18.0. The summed E-state index contributed by atoms with van der Waals surface area (Å²) in [6.45, 7) is 1.77. The van der Waals surface area contributed by atoms with Crippen LogP contribution in [0, 0.1) is 0 Å². The number of sulfonamides is 1. The molecule has 0 radical (unpaired) electrons. The van der Waals surface area contributed by atoms with E-state index in [-0.39, 0.29) is 9.92 Å². The van der Waals surface area contributed by atoms with E-state index in [9.17, 15) is 8.42 Å². The van der Waals surface area contributed by atoms with Gasteiger partial charge >= 0.3 is 0 Å². The maximum absolute atomic E-state index is 12.8. The van der Waals surface area contributed by atoms with Crippen LogP contribution >= 0.6 is 11.6 Å². The minimum atomic E-state index is -3.61. The van der Waals surface area contributed by atoms with Crippen molar-refractivity contribution in [1.82, 2.24) is 14.5 Å². The molecule has 3 heterocycles. The summed E-state index contributed by atoms with van der Waals surface area (Å²) < 4.78 is 32.4. The molecule has 1 fully saturated rings. The van der Waals surface area contributed by atoms with Crippen LogP contribution < -0.4 is 4.90 Å². The molecule has 140 valence electrons. The average molecular weight is 405 g/mol. The second-order valence-electron chi connectivity index (χ2n) is 6.08. The van der Waals surface area contributed by atoms with Gasteiger partial charge in [0.1, 0.15) is 10.6 Å². The van der Waals surface area contributed by atoms with Gasteiger partial charge in [0.05, 0.1) is 11.3 Å². The van der Waals surface area contributed by atoms with Crippen molar-refractivity contribution >= 4 is 27.4 Å². The number of hydrogen-bond acceptors (Lipinski definition) is 6. The van der Waals surface area contributed by atoms with E-state index >= 15 is 0 Å². The van der Waals surface area contributed by atoms with Crippen molar-refractivity contribution in [3.05, 3.63) is 59.8 Å². The Kier molecular flexibility index (Phi) is 4.86. The quantitative estimate of drug-likeness (QED) is 0.665. The minimum absolute atomic E-state index is 0.141. The molecule has 0 saturated carbocycles. The number of hydrogen-bond donors (Lipinski definition) is 0. The lowest BCUT2D eigenvalue weighted by Crippen LogP contribution is -2.49. The fourth-order valence-corrected chi connectivity index (χ4v) is 4.92. The van der Waals surface area contributed by atoms with Crippen LogP contribution in [0.2, 0.25) is 5.02 Å². The Hall–Kier alpha value is -2.42. The molecule has 0 bridgehead atoms. The lowest BCUT2D eigenvalue weighted by molar-refractivity contribution is 0.383. The molecule has 0 unspecified atom stereocenters. The predicted molar refractivity (Wildman–Crippen MR) is 102 cm³/mol. The van der Waals surface area contributed by atoms with E-state index in [2.05, 4.69) is 10.2 Å². The molecule has 2 aromatic heterocycles. The topological polar surface area (TPSA) is 79.5 Å². The van der Waals surface area contributed by atoms with Gasteiger partial charge in [0.25, 0.3) is 0 Å². The summed E-state index contributed by atoms with van der Waals surface area (Å²) in [6.07, 6.45) is 1.59. The second kappa shape index (κ2) is 7.30. The molecule has 1 aromatic carbocycles. The molecular formula is C18H17ClN4O3S. The largest absolute Gasteiger partial charge is 0.463 e. The number of nitrogens with zero attached hydrogens (tertiary/aromatic N) is 4. The number of halogens is 1. The third kappa shape index (κ3) is 3.55. The zero-order valence-corrected chi connectivity index (χ0v) is 15.9. The number of anilines is 1. The summed E-state index contributed by atoms with van der Waals surface area (Å²) in [5.74, 6) is 1.37. The summed E-state index contributed by atoms with van der Waals surface area (Å²) in [7, 11) is -3.61. The van der Waals surface area contributed by atoms with Crippen molar-refractivity contribution in [3.8, 4) is 11.5 Å². The lowest BCUT2D eigenvalue weighted by atomic mass is 10.3. The van der Waals surface area contributed by atoms with Crippen molar-refractivity contribution in [2.24, 2.45) is 0 Å². The van der Waals surface area contributed by atoms with Crippen molar-refractivity contribution < 1.29 is 12.8 Å². The molecule has 1 aliphatic heterocycles. The summed E-state index contributed by atoms with van der Waals surface area (Å²) >= 11 is 6.07. The van der Waals surface area contributed by atoms with Crippen molar-refractivity contribution in [1.29, 1.82) is 0 Å². The third-order valence-electron chi connectivity index (χ3n) is 4.44. The van der Waals surface area contributed by atoms with E-state index in [0.29, 0.717) is 43.5 Å². The van der Waals surface area contributed by atoms with Gasteiger partial charge in [0.15, 0.2) is 11.6 Å². The van der Waals surface area contributed by atoms with Gasteiger partial charge < -0.3 is 9.32 Å². The molecule has 0 spiro atoms. The van der Waals surface area contributed by atoms with E-state index in [4.69, 9.17) is 16.0 Å². The van der Waals surface area contributed by atoms with Crippen molar-refractivity contribution in [2.75, 3.05) is 31.1 Å². The molecule has 3 aromatic rings. The Bertz CT molecular complexity index is 1020. The summed E-state index contributed by atoms with van der Waals surface area (Å²) in [5.41, 5.74) is 0.656. The van der Waals surface area contributed by atoms with Gasteiger partial charge in [-0.2, -0.15) is 4.31 Å².